The Morgan fingerprint density at radius 2 is 1.73 bits per heavy atom. The van der Waals surface area contributed by atoms with Crippen LogP contribution in [0.5, 0.6) is 5.75 Å². The van der Waals surface area contributed by atoms with Crippen molar-refractivity contribution in [1.29, 1.82) is 5.26 Å². The monoisotopic (exact) mass is 575 g/mol. The molecule has 3 fully saturated rings. The van der Waals surface area contributed by atoms with Crippen LogP contribution in [0, 0.1) is 28.1 Å². The number of hydrogen-bond donors (Lipinski definition) is 1. The average molecular weight is 576 g/mol. The first-order chi connectivity index (χ1) is 19.6. The van der Waals surface area contributed by atoms with Crippen LogP contribution in [0.2, 0.25) is 5.02 Å². The molecule has 41 heavy (non-hydrogen) atoms. The largest absolute Gasteiger partial charge is 0.489 e. The summed E-state index contributed by atoms with van der Waals surface area (Å²) in [6.07, 6.45) is 2.47. The van der Waals surface area contributed by atoms with Crippen LogP contribution in [-0.4, -0.2) is 73.7 Å². The first kappa shape index (κ1) is 28.3. The third kappa shape index (κ3) is 5.09. The van der Waals surface area contributed by atoms with Gasteiger partial charge in [-0.15, -0.1) is 0 Å². The van der Waals surface area contributed by atoms with Gasteiger partial charge < -0.3 is 19.9 Å². The number of nitrogens with one attached hydrogen (secondary N) is 1. The Morgan fingerprint density at radius 1 is 1.02 bits per heavy atom. The molecule has 0 aromatic heterocycles. The molecule has 0 unspecified atom stereocenters. The summed E-state index contributed by atoms with van der Waals surface area (Å²) >= 11 is 6.27. The van der Waals surface area contributed by atoms with Gasteiger partial charge in [-0.2, -0.15) is 5.26 Å². The number of nitriles is 1. The van der Waals surface area contributed by atoms with Crippen LogP contribution in [-0.2, 0) is 6.54 Å². The van der Waals surface area contributed by atoms with Gasteiger partial charge in [0.2, 0.25) is 0 Å². The zero-order valence-corrected chi connectivity index (χ0v) is 25.5. The summed E-state index contributed by atoms with van der Waals surface area (Å²) in [6.45, 7) is 17.2. The molecular weight excluding hydrogens is 534 g/mol. The van der Waals surface area contributed by atoms with Gasteiger partial charge >= 0.3 is 0 Å². The maximum absolute atomic E-state index is 13.7. The van der Waals surface area contributed by atoms with E-state index in [1.54, 1.807) is 18.2 Å². The minimum Gasteiger partial charge on any atom is -0.489 e. The Kier molecular flexibility index (Phi) is 7.46. The summed E-state index contributed by atoms with van der Waals surface area (Å²) in [4.78, 5) is 20.9. The maximum Gasteiger partial charge on any atom is 0.254 e. The average Bonchev–Trinajstić information content (AvgIpc) is 3.26. The number of anilines is 1. The van der Waals surface area contributed by atoms with Crippen molar-refractivity contribution in [2.24, 2.45) is 16.7 Å². The highest BCUT2D eigenvalue weighted by atomic mass is 35.5. The van der Waals surface area contributed by atoms with Crippen molar-refractivity contribution in [3.8, 4) is 11.8 Å². The van der Waals surface area contributed by atoms with E-state index in [-0.39, 0.29) is 28.9 Å². The number of ether oxygens (including phenoxy) is 1. The molecule has 7 nitrogen and oxygen atoms in total. The number of amides is 1. The quantitative estimate of drug-likeness (QED) is 0.512. The number of benzene rings is 2. The Labute approximate surface area is 249 Å². The topological polar surface area (TPSA) is 71.8 Å². The van der Waals surface area contributed by atoms with E-state index in [2.05, 4.69) is 65.9 Å². The summed E-state index contributed by atoms with van der Waals surface area (Å²) in [6, 6.07) is 13.8. The second-order valence-corrected chi connectivity index (χ2v) is 14.0. The molecule has 1 amide bonds. The standard InChI is InChI=1S/C33H42ClN5O2/c1-32(2)30(33(3,4)31(32)41-26-7-5-23(19-35)28(34)18-26)39-21-24-17-25(6-8-27(24)29(39)40)38-15-13-37(14-16-38)20-22-9-11-36-12-10-22/h5-8,17-18,22,30-31,36H,9-16,20-21H2,1-4H3. The van der Waals surface area contributed by atoms with E-state index in [0.29, 0.717) is 22.9 Å². The minimum atomic E-state index is -0.269. The fourth-order valence-corrected chi connectivity index (χ4v) is 8.58. The summed E-state index contributed by atoms with van der Waals surface area (Å²) in [5.41, 5.74) is 3.08. The van der Waals surface area contributed by atoms with Crippen molar-refractivity contribution < 1.29 is 9.53 Å². The zero-order chi connectivity index (χ0) is 28.9. The highest BCUT2D eigenvalue weighted by Crippen LogP contribution is 2.59. The van der Waals surface area contributed by atoms with Crippen LogP contribution in [0.4, 0.5) is 5.69 Å². The molecule has 1 saturated carbocycles. The van der Waals surface area contributed by atoms with Gasteiger partial charge in [0.25, 0.3) is 5.91 Å². The van der Waals surface area contributed by atoms with E-state index in [1.807, 2.05) is 6.07 Å². The third-order valence-electron chi connectivity index (χ3n) is 10.0. The summed E-state index contributed by atoms with van der Waals surface area (Å²) in [5.74, 6) is 1.59. The maximum atomic E-state index is 13.7. The summed E-state index contributed by atoms with van der Waals surface area (Å²) < 4.78 is 6.47. The van der Waals surface area contributed by atoms with Crippen molar-refractivity contribution in [2.75, 3.05) is 50.7 Å². The molecule has 2 aromatic rings. The van der Waals surface area contributed by atoms with Crippen LogP contribution in [0.1, 0.15) is 62.0 Å². The van der Waals surface area contributed by atoms with Crippen LogP contribution in [0.25, 0.3) is 0 Å². The second kappa shape index (κ2) is 10.8. The number of rotatable bonds is 6. The molecule has 3 heterocycles. The number of piperazine rings is 1. The number of fused-ring (bicyclic) bond motifs is 1. The van der Waals surface area contributed by atoms with Crippen molar-refractivity contribution in [2.45, 2.75) is 59.2 Å². The van der Waals surface area contributed by atoms with E-state index in [1.165, 1.54) is 25.1 Å². The summed E-state index contributed by atoms with van der Waals surface area (Å²) in [7, 11) is 0. The lowest BCUT2D eigenvalue weighted by atomic mass is 9.49. The molecule has 0 bridgehead atoms. The van der Waals surface area contributed by atoms with Crippen molar-refractivity contribution >= 4 is 23.2 Å². The fourth-order valence-electron chi connectivity index (χ4n) is 8.36. The van der Waals surface area contributed by atoms with Gasteiger partial charge in [-0.05, 0) is 67.7 Å². The number of nitrogens with zero attached hydrogens (tertiary/aromatic N) is 4. The first-order valence-corrected chi connectivity index (χ1v) is 15.5. The molecule has 3 aliphatic heterocycles. The smallest absolute Gasteiger partial charge is 0.254 e. The van der Waals surface area contributed by atoms with Crippen molar-refractivity contribution in [3.63, 3.8) is 0 Å². The van der Waals surface area contributed by atoms with Crippen molar-refractivity contribution in [1.82, 2.24) is 15.1 Å². The van der Waals surface area contributed by atoms with Crippen LogP contribution in [0.3, 0.4) is 0 Å². The SMILES string of the molecule is CC1(C)C(Oc2ccc(C#N)c(Cl)c2)C(C)(C)C1N1Cc2cc(N3CCN(CC4CCNCC4)CC3)ccc2C1=O. The molecule has 4 aliphatic rings. The van der Waals surface area contributed by atoms with Gasteiger partial charge in [0.1, 0.15) is 17.9 Å². The van der Waals surface area contributed by atoms with Gasteiger partial charge in [0.05, 0.1) is 10.6 Å². The molecule has 2 aromatic carbocycles. The van der Waals surface area contributed by atoms with E-state index in [4.69, 9.17) is 16.3 Å². The molecule has 218 valence electrons. The van der Waals surface area contributed by atoms with Gasteiger partial charge in [0, 0.05) is 73.5 Å². The molecule has 0 radical (unpaired) electrons. The molecular formula is C33H42ClN5O2. The number of piperidine rings is 1. The summed E-state index contributed by atoms with van der Waals surface area (Å²) in [5, 5.41) is 13.1. The number of halogens is 1. The number of carbonyl (C=O) groups excluding carboxylic acids is 1. The van der Waals surface area contributed by atoms with E-state index in [9.17, 15) is 10.1 Å². The molecule has 1 aliphatic carbocycles. The predicted molar refractivity (Wildman–Crippen MR) is 162 cm³/mol. The van der Waals surface area contributed by atoms with Crippen LogP contribution in [0.15, 0.2) is 36.4 Å². The van der Waals surface area contributed by atoms with E-state index >= 15 is 0 Å². The number of carbonyl (C=O) groups is 1. The fraction of sp³-hybridized carbons (Fsp3) is 0.576. The normalized spacial score (nSPS) is 25.9. The van der Waals surface area contributed by atoms with Gasteiger partial charge in [-0.25, -0.2) is 0 Å². The van der Waals surface area contributed by atoms with Gasteiger partial charge in [-0.1, -0.05) is 39.3 Å². The molecule has 8 heteroatoms. The van der Waals surface area contributed by atoms with Crippen molar-refractivity contribution in [3.05, 3.63) is 58.1 Å². The zero-order valence-electron chi connectivity index (χ0n) is 24.8. The van der Waals surface area contributed by atoms with E-state index < -0.39 is 0 Å². The number of hydrogen-bond acceptors (Lipinski definition) is 6. The molecule has 0 spiro atoms. The molecule has 6 rings (SSSR count). The highest BCUT2D eigenvalue weighted by molar-refractivity contribution is 6.31. The Balaban J connectivity index is 1.11. The van der Waals surface area contributed by atoms with Gasteiger partial charge in [0.15, 0.2) is 0 Å². The van der Waals surface area contributed by atoms with Crippen LogP contribution < -0.4 is 15.0 Å². The third-order valence-corrected chi connectivity index (χ3v) is 10.3. The molecule has 1 N–H and O–H groups in total. The Bertz CT molecular complexity index is 1340. The lowest BCUT2D eigenvalue weighted by Gasteiger charge is -2.65. The van der Waals surface area contributed by atoms with E-state index in [0.717, 1.165) is 56.3 Å². The van der Waals surface area contributed by atoms with Gasteiger partial charge in [-0.3, -0.25) is 9.69 Å². The Morgan fingerprint density at radius 3 is 2.39 bits per heavy atom. The highest BCUT2D eigenvalue weighted by Gasteiger charge is 2.67. The first-order valence-electron chi connectivity index (χ1n) is 15.1. The lowest BCUT2D eigenvalue weighted by molar-refractivity contribution is -0.199. The minimum absolute atomic E-state index is 0.0238. The Hall–Kier alpha value is -2.79. The molecule has 2 saturated heterocycles. The molecule has 0 atom stereocenters. The lowest BCUT2D eigenvalue weighted by Crippen LogP contribution is -2.74. The van der Waals surface area contributed by atoms with Crippen LogP contribution >= 0.6 is 11.6 Å². The predicted octanol–water partition coefficient (Wildman–Crippen LogP) is 5.17. The second-order valence-electron chi connectivity index (χ2n) is 13.6.